The van der Waals surface area contributed by atoms with Crippen LogP contribution in [0.3, 0.4) is 0 Å². The summed E-state index contributed by atoms with van der Waals surface area (Å²) in [4.78, 5) is 9.98. The molecule has 0 saturated heterocycles. The first-order chi connectivity index (χ1) is 4.20. The molecule has 0 amide bonds. The van der Waals surface area contributed by atoms with Crippen LogP contribution in [0.1, 0.15) is 10.4 Å². The summed E-state index contributed by atoms with van der Waals surface area (Å²) in [6.45, 7) is 0. The summed E-state index contributed by atoms with van der Waals surface area (Å²) < 4.78 is 13.4. The lowest BCUT2D eigenvalue weighted by atomic mass is 10.4. The van der Waals surface area contributed by atoms with Gasteiger partial charge < -0.3 is 4.57 Å². The molecule has 0 N–H and O–H groups in total. The third-order valence-electron chi connectivity index (χ3n) is 1.06. The first-order valence-electron chi connectivity index (χ1n) is 2.52. The molecule has 0 saturated carbocycles. The third kappa shape index (κ3) is 1.16. The Balaban J connectivity index is 2.98. The minimum atomic E-state index is -1.38. The van der Waals surface area contributed by atoms with E-state index in [1.165, 1.54) is 12.3 Å². The highest BCUT2D eigenvalue weighted by Gasteiger charge is 2.02. The van der Waals surface area contributed by atoms with Crippen molar-refractivity contribution >= 4 is 6.04 Å². The van der Waals surface area contributed by atoms with Crippen molar-refractivity contribution in [2.45, 2.75) is 0 Å². The Labute approximate surface area is 51.9 Å². The van der Waals surface area contributed by atoms with Gasteiger partial charge in [-0.1, -0.05) is 0 Å². The maximum absolute atomic E-state index is 11.8. The summed E-state index contributed by atoms with van der Waals surface area (Å²) in [7, 11) is 1.73. The van der Waals surface area contributed by atoms with E-state index in [9.17, 15) is 9.18 Å². The first kappa shape index (κ1) is 6.01. The van der Waals surface area contributed by atoms with Gasteiger partial charge in [-0.05, 0) is 6.07 Å². The molecule has 48 valence electrons. The summed E-state index contributed by atoms with van der Waals surface area (Å²) in [5, 5.41) is 0. The van der Waals surface area contributed by atoms with Crippen LogP contribution in [-0.2, 0) is 7.05 Å². The average Bonchev–Trinajstić information content (AvgIpc) is 2.14. The second-order valence-corrected chi connectivity index (χ2v) is 1.84. The van der Waals surface area contributed by atoms with Crippen molar-refractivity contribution in [3.63, 3.8) is 0 Å². The van der Waals surface area contributed by atoms with Crippen molar-refractivity contribution in [2.75, 3.05) is 0 Å². The molecule has 0 radical (unpaired) electrons. The molecular formula is C6H6FNO. The molecule has 9 heavy (non-hydrogen) atoms. The SMILES string of the molecule is Cn1ccc(C(=O)F)c1. The number of nitrogens with zero attached hydrogens (tertiary/aromatic N) is 1. The van der Waals surface area contributed by atoms with Gasteiger partial charge in [0, 0.05) is 19.4 Å². The second kappa shape index (κ2) is 2.01. The molecule has 0 atom stereocenters. The Morgan fingerprint density at radius 1 is 1.78 bits per heavy atom. The smallest absolute Gasteiger partial charge is 0.333 e. The van der Waals surface area contributed by atoms with Crippen molar-refractivity contribution in [3.05, 3.63) is 24.0 Å². The molecule has 0 aliphatic carbocycles. The number of hydrogen-bond donors (Lipinski definition) is 0. The number of carbonyl (C=O) groups is 1. The first-order valence-corrected chi connectivity index (χ1v) is 2.52. The van der Waals surface area contributed by atoms with E-state index in [0.717, 1.165) is 0 Å². The lowest BCUT2D eigenvalue weighted by Crippen LogP contribution is -1.85. The van der Waals surface area contributed by atoms with Gasteiger partial charge in [0.05, 0.1) is 5.56 Å². The quantitative estimate of drug-likeness (QED) is 0.518. The number of rotatable bonds is 1. The van der Waals surface area contributed by atoms with E-state index < -0.39 is 6.04 Å². The van der Waals surface area contributed by atoms with Crippen molar-refractivity contribution in [1.82, 2.24) is 4.57 Å². The highest BCUT2D eigenvalue weighted by molar-refractivity contribution is 5.88. The van der Waals surface area contributed by atoms with E-state index in [1.54, 1.807) is 17.8 Å². The Morgan fingerprint density at radius 3 is 2.67 bits per heavy atom. The van der Waals surface area contributed by atoms with Crippen LogP contribution in [0.15, 0.2) is 18.5 Å². The molecule has 2 nitrogen and oxygen atoms in total. The molecule has 0 unspecified atom stereocenters. The molecular weight excluding hydrogens is 121 g/mol. The van der Waals surface area contributed by atoms with Crippen LogP contribution in [0.25, 0.3) is 0 Å². The zero-order valence-electron chi connectivity index (χ0n) is 4.97. The lowest BCUT2D eigenvalue weighted by Gasteiger charge is -1.82. The Bertz CT molecular complexity index is 229. The molecule has 1 heterocycles. The monoisotopic (exact) mass is 127 g/mol. The van der Waals surface area contributed by atoms with Gasteiger partial charge in [-0.3, -0.25) is 4.79 Å². The fourth-order valence-electron chi connectivity index (χ4n) is 0.620. The number of halogens is 1. The highest BCUT2D eigenvalue weighted by atomic mass is 19.1. The maximum Gasteiger partial charge on any atom is 0.333 e. The summed E-state index contributed by atoms with van der Waals surface area (Å²) in [5.74, 6) is 0. The molecule has 0 aliphatic heterocycles. The van der Waals surface area contributed by atoms with Crippen LogP contribution in [0.4, 0.5) is 4.39 Å². The number of aromatic nitrogens is 1. The molecule has 0 fully saturated rings. The van der Waals surface area contributed by atoms with E-state index in [2.05, 4.69) is 0 Å². The van der Waals surface area contributed by atoms with Crippen LogP contribution in [0, 0.1) is 0 Å². The zero-order chi connectivity index (χ0) is 6.85. The Kier molecular flexibility index (Phi) is 1.34. The van der Waals surface area contributed by atoms with Crippen LogP contribution in [0.5, 0.6) is 0 Å². The predicted octanol–water partition coefficient (Wildman–Crippen LogP) is 1.13. The molecule has 1 rings (SSSR count). The fourth-order valence-corrected chi connectivity index (χ4v) is 0.620. The number of aryl methyl sites for hydroxylation is 1. The summed E-state index contributed by atoms with van der Waals surface area (Å²) in [6, 6.07) is 0.0538. The Hall–Kier alpha value is -1.12. The zero-order valence-corrected chi connectivity index (χ0v) is 4.97. The maximum atomic E-state index is 11.8. The van der Waals surface area contributed by atoms with Gasteiger partial charge in [-0.25, -0.2) is 0 Å². The van der Waals surface area contributed by atoms with Crippen LogP contribution in [0.2, 0.25) is 0 Å². The molecule has 0 bridgehead atoms. The topological polar surface area (TPSA) is 22.0 Å². The number of carbonyl (C=O) groups excluding carboxylic acids is 1. The van der Waals surface area contributed by atoms with E-state index >= 15 is 0 Å². The van der Waals surface area contributed by atoms with E-state index in [4.69, 9.17) is 0 Å². The molecule has 1 aromatic rings. The average molecular weight is 127 g/mol. The van der Waals surface area contributed by atoms with Crippen molar-refractivity contribution < 1.29 is 9.18 Å². The number of hydrogen-bond acceptors (Lipinski definition) is 1. The van der Waals surface area contributed by atoms with Crippen LogP contribution >= 0.6 is 0 Å². The van der Waals surface area contributed by atoms with Gasteiger partial charge >= 0.3 is 6.04 Å². The van der Waals surface area contributed by atoms with Crippen molar-refractivity contribution in [3.8, 4) is 0 Å². The van der Waals surface area contributed by atoms with Gasteiger partial charge in [0.25, 0.3) is 0 Å². The van der Waals surface area contributed by atoms with E-state index in [1.807, 2.05) is 0 Å². The molecule has 0 aliphatic rings. The van der Waals surface area contributed by atoms with Gasteiger partial charge in [0.1, 0.15) is 0 Å². The van der Waals surface area contributed by atoms with Crippen LogP contribution in [-0.4, -0.2) is 10.6 Å². The normalized spacial score (nSPS) is 9.56. The molecule has 0 aromatic carbocycles. The highest BCUT2D eigenvalue weighted by Crippen LogP contribution is 2.00. The largest absolute Gasteiger partial charge is 0.356 e. The van der Waals surface area contributed by atoms with E-state index in [0.29, 0.717) is 0 Å². The standard InChI is InChI=1S/C6H6FNO/c1-8-3-2-5(4-8)6(7)9/h2-4H,1H3. The Morgan fingerprint density at radius 2 is 2.44 bits per heavy atom. The minimum absolute atomic E-state index is 0.109. The summed E-state index contributed by atoms with van der Waals surface area (Å²) in [5.41, 5.74) is 0.109. The lowest BCUT2D eigenvalue weighted by molar-refractivity contribution is 0.0836. The minimum Gasteiger partial charge on any atom is -0.356 e. The summed E-state index contributed by atoms with van der Waals surface area (Å²) in [6.07, 6.45) is 3.05. The van der Waals surface area contributed by atoms with Gasteiger partial charge in [0.15, 0.2) is 0 Å². The molecule has 0 spiro atoms. The molecule has 3 heteroatoms. The van der Waals surface area contributed by atoms with E-state index in [-0.39, 0.29) is 5.56 Å². The van der Waals surface area contributed by atoms with Crippen molar-refractivity contribution in [1.29, 1.82) is 0 Å². The molecule has 1 aromatic heterocycles. The third-order valence-corrected chi connectivity index (χ3v) is 1.06. The second-order valence-electron chi connectivity index (χ2n) is 1.84. The predicted molar refractivity (Wildman–Crippen MR) is 30.9 cm³/mol. The summed E-state index contributed by atoms with van der Waals surface area (Å²) >= 11 is 0. The van der Waals surface area contributed by atoms with Gasteiger partial charge in [-0.15, -0.1) is 0 Å². The fraction of sp³-hybridized carbons (Fsp3) is 0.167. The van der Waals surface area contributed by atoms with Crippen molar-refractivity contribution in [2.24, 2.45) is 7.05 Å². The van der Waals surface area contributed by atoms with Gasteiger partial charge in [-0.2, -0.15) is 4.39 Å². The van der Waals surface area contributed by atoms with Crippen LogP contribution < -0.4 is 0 Å². The van der Waals surface area contributed by atoms with Gasteiger partial charge in [0.2, 0.25) is 0 Å².